The van der Waals surface area contributed by atoms with Crippen LogP contribution in [0.4, 0.5) is 4.79 Å². The van der Waals surface area contributed by atoms with Gasteiger partial charge >= 0.3 is 6.03 Å². The second-order valence-electron chi connectivity index (χ2n) is 5.47. The normalized spacial score (nSPS) is 16.4. The van der Waals surface area contributed by atoms with E-state index in [1.54, 1.807) is 0 Å². The molecule has 0 aromatic heterocycles. The molecule has 2 amide bonds. The predicted octanol–water partition coefficient (Wildman–Crippen LogP) is 4.01. The van der Waals surface area contributed by atoms with Crippen LogP contribution in [0.15, 0.2) is 28.7 Å². The molecule has 0 atom stereocenters. The molecule has 1 fully saturated rings. The van der Waals surface area contributed by atoms with E-state index in [4.69, 9.17) is 0 Å². The zero-order valence-electron chi connectivity index (χ0n) is 11.8. The summed E-state index contributed by atoms with van der Waals surface area (Å²) in [6.45, 7) is 0.676. The Kier molecular flexibility index (Phi) is 6.37. The molecule has 1 saturated carbocycles. The summed E-state index contributed by atoms with van der Waals surface area (Å²) in [6.07, 6.45) is 8.20. The van der Waals surface area contributed by atoms with Gasteiger partial charge in [-0.1, -0.05) is 53.7 Å². The Morgan fingerprint density at radius 1 is 1.20 bits per heavy atom. The lowest BCUT2D eigenvalue weighted by molar-refractivity contribution is 0.235. The van der Waals surface area contributed by atoms with Crippen molar-refractivity contribution in [3.8, 4) is 0 Å². The third-order valence-corrected chi connectivity index (χ3v) is 4.27. The van der Waals surface area contributed by atoms with Crippen molar-refractivity contribution in [2.45, 2.75) is 51.0 Å². The van der Waals surface area contributed by atoms with Gasteiger partial charge in [0.25, 0.3) is 0 Å². The van der Waals surface area contributed by atoms with Crippen LogP contribution >= 0.6 is 15.9 Å². The first-order valence-electron chi connectivity index (χ1n) is 7.53. The minimum absolute atomic E-state index is 0.0214. The molecule has 110 valence electrons. The van der Waals surface area contributed by atoms with Crippen molar-refractivity contribution < 1.29 is 4.79 Å². The lowest BCUT2D eigenvalue weighted by Crippen LogP contribution is -2.42. The summed E-state index contributed by atoms with van der Waals surface area (Å²) in [5.74, 6) is 0. The Labute approximate surface area is 129 Å². The van der Waals surface area contributed by atoms with Crippen LogP contribution in [0.1, 0.15) is 44.1 Å². The number of hydrogen-bond donors (Lipinski definition) is 2. The number of rotatable bonds is 4. The number of nitrogens with one attached hydrogen (secondary N) is 2. The number of halogens is 1. The maximum absolute atomic E-state index is 11.8. The molecule has 1 aromatic rings. The number of carbonyl (C=O) groups excluding carboxylic acids is 1. The molecule has 1 aliphatic carbocycles. The number of amides is 2. The minimum atomic E-state index is -0.0214. The van der Waals surface area contributed by atoms with Gasteiger partial charge in [-0.05, 0) is 37.0 Å². The highest BCUT2D eigenvalue weighted by Gasteiger charge is 2.14. The Morgan fingerprint density at radius 3 is 2.65 bits per heavy atom. The van der Waals surface area contributed by atoms with Gasteiger partial charge in [0.1, 0.15) is 0 Å². The molecule has 3 nitrogen and oxygen atoms in total. The monoisotopic (exact) mass is 338 g/mol. The molecule has 1 aromatic carbocycles. The van der Waals surface area contributed by atoms with E-state index >= 15 is 0 Å². The highest BCUT2D eigenvalue weighted by Crippen LogP contribution is 2.17. The summed E-state index contributed by atoms with van der Waals surface area (Å²) in [4.78, 5) is 11.8. The lowest BCUT2D eigenvalue weighted by atomic mass is 10.1. The summed E-state index contributed by atoms with van der Waals surface area (Å²) in [7, 11) is 0. The van der Waals surface area contributed by atoms with Crippen molar-refractivity contribution in [3.63, 3.8) is 0 Å². The topological polar surface area (TPSA) is 41.1 Å². The van der Waals surface area contributed by atoms with Crippen LogP contribution in [0.5, 0.6) is 0 Å². The molecule has 0 heterocycles. The SMILES string of the molecule is O=C(NCCc1cccc(Br)c1)NC1CCCCCC1. The smallest absolute Gasteiger partial charge is 0.315 e. The first-order chi connectivity index (χ1) is 9.74. The van der Waals surface area contributed by atoms with E-state index in [2.05, 4.69) is 38.7 Å². The molecule has 0 saturated heterocycles. The third-order valence-electron chi connectivity index (χ3n) is 3.78. The molecule has 0 unspecified atom stereocenters. The molecular formula is C16H23BrN2O. The van der Waals surface area contributed by atoms with Gasteiger partial charge in [0, 0.05) is 17.1 Å². The van der Waals surface area contributed by atoms with Gasteiger partial charge in [-0.2, -0.15) is 0 Å². The van der Waals surface area contributed by atoms with Crippen molar-refractivity contribution in [3.05, 3.63) is 34.3 Å². The van der Waals surface area contributed by atoms with E-state index in [1.807, 2.05) is 12.1 Å². The summed E-state index contributed by atoms with van der Waals surface area (Å²) < 4.78 is 1.08. The second-order valence-corrected chi connectivity index (χ2v) is 6.38. The lowest BCUT2D eigenvalue weighted by Gasteiger charge is -2.16. The maximum Gasteiger partial charge on any atom is 0.315 e. The molecule has 2 N–H and O–H groups in total. The van der Waals surface area contributed by atoms with Gasteiger partial charge < -0.3 is 10.6 Å². The minimum Gasteiger partial charge on any atom is -0.338 e. The highest BCUT2D eigenvalue weighted by molar-refractivity contribution is 9.10. The van der Waals surface area contributed by atoms with Crippen LogP contribution in [-0.2, 0) is 6.42 Å². The third kappa shape index (κ3) is 5.53. The van der Waals surface area contributed by atoms with Crippen molar-refractivity contribution in [2.75, 3.05) is 6.54 Å². The van der Waals surface area contributed by atoms with Crippen LogP contribution in [0.3, 0.4) is 0 Å². The van der Waals surface area contributed by atoms with E-state index < -0.39 is 0 Å². The van der Waals surface area contributed by atoms with Crippen LogP contribution in [0.2, 0.25) is 0 Å². The summed E-state index contributed by atoms with van der Waals surface area (Å²) in [5.41, 5.74) is 1.23. The average molecular weight is 339 g/mol. The Hall–Kier alpha value is -1.03. The largest absolute Gasteiger partial charge is 0.338 e. The van der Waals surface area contributed by atoms with Gasteiger partial charge in [0.05, 0.1) is 0 Å². The molecule has 0 spiro atoms. The van der Waals surface area contributed by atoms with Crippen LogP contribution in [-0.4, -0.2) is 18.6 Å². The number of urea groups is 1. The second kappa shape index (κ2) is 8.30. The van der Waals surface area contributed by atoms with E-state index in [1.165, 1.54) is 31.2 Å². The standard InChI is InChI=1S/C16H23BrN2O/c17-14-7-5-6-13(12-14)10-11-18-16(20)19-15-8-3-1-2-4-9-15/h5-7,12,15H,1-4,8-11H2,(H2,18,19,20). The Balaban J connectivity index is 1.67. The first-order valence-corrected chi connectivity index (χ1v) is 8.32. The van der Waals surface area contributed by atoms with Crippen molar-refractivity contribution in [2.24, 2.45) is 0 Å². The van der Waals surface area contributed by atoms with E-state index in [9.17, 15) is 4.79 Å². The molecule has 2 rings (SSSR count). The zero-order valence-corrected chi connectivity index (χ0v) is 13.4. The van der Waals surface area contributed by atoms with Gasteiger partial charge in [-0.3, -0.25) is 0 Å². The zero-order chi connectivity index (χ0) is 14.2. The van der Waals surface area contributed by atoms with Crippen molar-refractivity contribution >= 4 is 22.0 Å². The van der Waals surface area contributed by atoms with Crippen molar-refractivity contribution in [1.29, 1.82) is 0 Å². The summed E-state index contributed by atoms with van der Waals surface area (Å²) >= 11 is 3.46. The number of hydrogen-bond acceptors (Lipinski definition) is 1. The van der Waals surface area contributed by atoms with Crippen molar-refractivity contribution in [1.82, 2.24) is 10.6 Å². The van der Waals surface area contributed by atoms with Gasteiger partial charge in [0.15, 0.2) is 0 Å². The molecular weight excluding hydrogens is 316 g/mol. The molecule has 0 aliphatic heterocycles. The first kappa shape index (κ1) is 15.4. The van der Waals surface area contributed by atoms with Crippen LogP contribution in [0, 0.1) is 0 Å². The fraction of sp³-hybridized carbons (Fsp3) is 0.562. The van der Waals surface area contributed by atoms with Crippen LogP contribution in [0.25, 0.3) is 0 Å². The van der Waals surface area contributed by atoms with Crippen LogP contribution < -0.4 is 10.6 Å². The number of benzene rings is 1. The van der Waals surface area contributed by atoms with E-state index in [0.29, 0.717) is 12.6 Å². The summed E-state index contributed by atoms with van der Waals surface area (Å²) in [6, 6.07) is 8.54. The quantitative estimate of drug-likeness (QED) is 0.800. The molecule has 1 aliphatic rings. The van der Waals surface area contributed by atoms with Gasteiger partial charge in [0.2, 0.25) is 0 Å². The molecule has 4 heteroatoms. The fourth-order valence-corrected chi connectivity index (χ4v) is 3.12. The van der Waals surface area contributed by atoms with Gasteiger partial charge in [-0.25, -0.2) is 4.79 Å². The fourth-order valence-electron chi connectivity index (χ4n) is 2.67. The van der Waals surface area contributed by atoms with Gasteiger partial charge in [-0.15, -0.1) is 0 Å². The molecule has 20 heavy (non-hydrogen) atoms. The molecule has 0 radical (unpaired) electrons. The maximum atomic E-state index is 11.8. The average Bonchev–Trinajstić information content (AvgIpc) is 2.67. The molecule has 0 bridgehead atoms. The Morgan fingerprint density at radius 2 is 1.95 bits per heavy atom. The van der Waals surface area contributed by atoms with E-state index in [-0.39, 0.29) is 6.03 Å². The van der Waals surface area contributed by atoms with E-state index in [0.717, 1.165) is 23.7 Å². The Bertz CT molecular complexity index is 428. The number of carbonyl (C=O) groups is 1. The predicted molar refractivity (Wildman–Crippen MR) is 85.9 cm³/mol. The summed E-state index contributed by atoms with van der Waals surface area (Å²) in [5, 5.41) is 6.05. The highest BCUT2D eigenvalue weighted by atomic mass is 79.9.